The summed E-state index contributed by atoms with van der Waals surface area (Å²) in [5.41, 5.74) is 1.20. The summed E-state index contributed by atoms with van der Waals surface area (Å²) in [5.74, 6) is -0.866. The molecule has 0 bridgehead atoms. The molecular weight excluding hydrogens is 433 g/mol. The second-order valence-corrected chi connectivity index (χ2v) is 6.94. The van der Waals surface area contributed by atoms with Gasteiger partial charge in [0.25, 0.3) is 5.69 Å². The molecule has 0 aliphatic heterocycles. The number of carboxylic acids is 1. The largest absolute Gasteiger partial charge is 0.481 e. The van der Waals surface area contributed by atoms with Gasteiger partial charge in [0.2, 0.25) is 0 Å². The lowest BCUT2D eigenvalue weighted by Crippen LogP contribution is -2.25. The van der Waals surface area contributed by atoms with Crippen LogP contribution in [0.2, 0.25) is 10.0 Å². The SMILES string of the molecule is N#CCCN(CCCC(=O)O)c1ccc(N=Nc2c(Cl)cc([N+](=O)[O-])cc2Cl)cc1. The number of nitriles is 1. The average Bonchev–Trinajstić information content (AvgIpc) is 2.70. The third-order valence-electron chi connectivity index (χ3n) is 4.00. The number of non-ortho nitro benzene ring substituents is 1. The number of carbonyl (C=O) groups is 1. The van der Waals surface area contributed by atoms with Crippen molar-refractivity contribution in [2.24, 2.45) is 10.2 Å². The van der Waals surface area contributed by atoms with E-state index in [2.05, 4.69) is 16.3 Å². The molecule has 0 saturated carbocycles. The maximum atomic E-state index is 10.8. The molecule has 0 atom stereocenters. The van der Waals surface area contributed by atoms with E-state index < -0.39 is 10.9 Å². The van der Waals surface area contributed by atoms with Gasteiger partial charge in [-0.05, 0) is 30.7 Å². The van der Waals surface area contributed by atoms with Crippen LogP contribution >= 0.6 is 23.2 Å². The van der Waals surface area contributed by atoms with E-state index in [1.807, 2.05) is 4.90 Å². The Morgan fingerprint density at radius 3 is 2.33 bits per heavy atom. The Labute approximate surface area is 182 Å². The number of azo groups is 1. The molecule has 30 heavy (non-hydrogen) atoms. The Morgan fingerprint density at radius 1 is 1.17 bits per heavy atom. The molecule has 9 nitrogen and oxygen atoms in total. The van der Waals surface area contributed by atoms with Crippen LogP contribution in [0.25, 0.3) is 0 Å². The Bertz CT molecular complexity index is 966. The van der Waals surface area contributed by atoms with Crippen LogP contribution in [-0.4, -0.2) is 29.1 Å². The monoisotopic (exact) mass is 449 g/mol. The summed E-state index contributed by atoms with van der Waals surface area (Å²) in [6.07, 6.45) is 0.817. The van der Waals surface area contributed by atoms with Crippen LogP contribution in [0.15, 0.2) is 46.6 Å². The first-order chi connectivity index (χ1) is 14.3. The predicted molar refractivity (Wildman–Crippen MR) is 113 cm³/mol. The van der Waals surface area contributed by atoms with E-state index in [1.54, 1.807) is 24.3 Å². The second kappa shape index (κ2) is 11.1. The van der Waals surface area contributed by atoms with Crippen molar-refractivity contribution in [2.45, 2.75) is 19.3 Å². The molecule has 2 aromatic rings. The Kier molecular flexibility index (Phi) is 8.53. The number of nitrogens with zero attached hydrogens (tertiary/aromatic N) is 5. The van der Waals surface area contributed by atoms with Crippen molar-refractivity contribution >= 4 is 51.9 Å². The van der Waals surface area contributed by atoms with Gasteiger partial charge < -0.3 is 10.0 Å². The third kappa shape index (κ3) is 6.69. The lowest BCUT2D eigenvalue weighted by molar-refractivity contribution is -0.384. The molecule has 2 rings (SSSR count). The predicted octanol–water partition coefficient (Wildman–Crippen LogP) is 5.90. The quantitative estimate of drug-likeness (QED) is 0.272. The van der Waals surface area contributed by atoms with Gasteiger partial charge in [0.15, 0.2) is 0 Å². The highest BCUT2D eigenvalue weighted by molar-refractivity contribution is 6.39. The van der Waals surface area contributed by atoms with Gasteiger partial charge in [-0.2, -0.15) is 10.4 Å². The van der Waals surface area contributed by atoms with Gasteiger partial charge in [0.05, 0.1) is 33.1 Å². The lowest BCUT2D eigenvalue weighted by Gasteiger charge is -2.23. The molecule has 0 heterocycles. The van der Waals surface area contributed by atoms with Gasteiger partial charge in [-0.25, -0.2) is 0 Å². The number of nitro benzene ring substituents is 1. The fraction of sp³-hybridized carbons (Fsp3) is 0.263. The van der Waals surface area contributed by atoms with E-state index in [9.17, 15) is 14.9 Å². The highest BCUT2D eigenvalue weighted by Crippen LogP contribution is 2.37. The minimum absolute atomic E-state index is 0.00989. The van der Waals surface area contributed by atoms with Crippen molar-refractivity contribution in [2.75, 3.05) is 18.0 Å². The first-order valence-electron chi connectivity index (χ1n) is 8.80. The van der Waals surface area contributed by atoms with Crippen molar-refractivity contribution < 1.29 is 14.8 Å². The molecule has 156 valence electrons. The first kappa shape index (κ1) is 23.1. The zero-order chi connectivity index (χ0) is 22.1. The number of nitro groups is 1. The number of aliphatic carboxylic acids is 1. The van der Waals surface area contributed by atoms with Crippen LogP contribution in [0.1, 0.15) is 19.3 Å². The molecule has 0 aliphatic rings. The highest BCUT2D eigenvalue weighted by Gasteiger charge is 2.14. The van der Waals surface area contributed by atoms with Gasteiger partial charge in [-0.15, -0.1) is 5.11 Å². The molecule has 2 aromatic carbocycles. The normalized spacial score (nSPS) is 10.7. The second-order valence-electron chi connectivity index (χ2n) is 6.12. The van der Waals surface area contributed by atoms with E-state index in [4.69, 9.17) is 33.6 Å². The molecule has 0 fully saturated rings. The lowest BCUT2D eigenvalue weighted by atomic mass is 10.2. The summed E-state index contributed by atoms with van der Waals surface area (Å²) in [7, 11) is 0. The van der Waals surface area contributed by atoms with Crippen LogP contribution < -0.4 is 4.90 Å². The van der Waals surface area contributed by atoms with Crippen LogP contribution in [0.4, 0.5) is 22.7 Å². The van der Waals surface area contributed by atoms with Gasteiger partial charge in [-0.3, -0.25) is 14.9 Å². The minimum atomic E-state index is -0.866. The zero-order valence-electron chi connectivity index (χ0n) is 15.7. The van der Waals surface area contributed by atoms with E-state index in [0.29, 0.717) is 31.6 Å². The smallest absolute Gasteiger partial charge is 0.303 e. The van der Waals surface area contributed by atoms with Gasteiger partial charge in [0.1, 0.15) is 5.69 Å². The molecule has 0 aromatic heterocycles. The molecule has 0 radical (unpaired) electrons. The molecule has 0 saturated heterocycles. The highest BCUT2D eigenvalue weighted by atomic mass is 35.5. The maximum absolute atomic E-state index is 10.8. The molecule has 0 unspecified atom stereocenters. The molecular formula is C19H17Cl2N5O4. The van der Waals surface area contributed by atoms with E-state index in [-0.39, 0.29) is 27.8 Å². The van der Waals surface area contributed by atoms with Crippen LogP contribution in [0.5, 0.6) is 0 Å². The van der Waals surface area contributed by atoms with Crippen LogP contribution in [0.3, 0.4) is 0 Å². The van der Waals surface area contributed by atoms with Crippen LogP contribution in [-0.2, 0) is 4.79 Å². The average molecular weight is 450 g/mol. The summed E-state index contributed by atoms with van der Waals surface area (Å²) in [6.45, 7) is 0.980. The van der Waals surface area contributed by atoms with Crippen molar-refractivity contribution in [1.82, 2.24) is 0 Å². The summed E-state index contributed by atoms with van der Waals surface area (Å²) in [5, 5.41) is 36.5. The van der Waals surface area contributed by atoms with Crippen molar-refractivity contribution in [3.05, 3.63) is 56.6 Å². The van der Waals surface area contributed by atoms with E-state index in [0.717, 1.165) is 17.8 Å². The first-order valence-corrected chi connectivity index (χ1v) is 9.56. The summed E-state index contributed by atoms with van der Waals surface area (Å²) in [6, 6.07) is 11.3. The molecule has 0 amide bonds. The molecule has 11 heteroatoms. The summed E-state index contributed by atoms with van der Waals surface area (Å²) in [4.78, 5) is 22.9. The minimum Gasteiger partial charge on any atom is -0.481 e. The van der Waals surface area contributed by atoms with Gasteiger partial charge >= 0.3 is 5.97 Å². The zero-order valence-corrected chi connectivity index (χ0v) is 17.2. The Hall–Kier alpha value is -3.22. The number of hydrogen-bond donors (Lipinski definition) is 1. The molecule has 0 aliphatic carbocycles. The summed E-state index contributed by atoms with van der Waals surface area (Å²) < 4.78 is 0. The van der Waals surface area contributed by atoms with E-state index >= 15 is 0 Å². The van der Waals surface area contributed by atoms with Gasteiger partial charge in [-0.1, -0.05) is 23.2 Å². The molecule has 0 spiro atoms. The number of benzene rings is 2. The number of anilines is 1. The van der Waals surface area contributed by atoms with Gasteiger partial charge in [0, 0.05) is 37.3 Å². The number of hydrogen-bond acceptors (Lipinski definition) is 7. The Balaban J connectivity index is 2.15. The van der Waals surface area contributed by atoms with Crippen molar-refractivity contribution in [3.8, 4) is 6.07 Å². The number of halogens is 2. The number of carboxylic acid groups (broad SMARTS) is 1. The standard InChI is InChI=1S/C19H17Cl2N5O4/c20-16-11-15(26(29)30)12-17(21)19(16)24-23-13-4-6-14(7-5-13)25(10-2-8-22)9-1-3-18(27)28/h4-7,11-12H,1-3,9-10H2,(H,27,28). The maximum Gasteiger partial charge on any atom is 0.303 e. The van der Waals surface area contributed by atoms with Crippen molar-refractivity contribution in [1.29, 1.82) is 5.26 Å². The fourth-order valence-electron chi connectivity index (χ4n) is 2.57. The van der Waals surface area contributed by atoms with E-state index in [1.165, 1.54) is 0 Å². The van der Waals surface area contributed by atoms with Crippen molar-refractivity contribution in [3.63, 3.8) is 0 Å². The topological polar surface area (TPSA) is 132 Å². The molecule has 1 N–H and O–H groups in total. The van der Waals surface area contributed by atoms with Crippen LogP contribution in [0, 0.1) is 21.4 Å². The number of rotatable bonds is 10. The summed E-state index contributed by atoms with van der Waals surface area (Å²) >= 11 is 12.0. The fourth-order valence-corrected chi connectivity index (χ4v) is 3.12. The third-order valence-corrected chi connectivity index (χ3v) is 4.58. The Morgan fingerprint density at radius 2 is 1.80 bits per heavy atom.